The third-order valence-corrected chi connectivity index (χ3v) is 3.80. The van der Waals surface area contributed by atoms with E-state index < -0.39 is 0 Å². The predicted octanol–water partition coefficient (Wildman–Crippen LogP) is 4.85. The molecule has 0 fully saturated rings. The zero-order valence-electron chi connectivity index (χ0n) is 16.4. The molecule has 0 radical (unpaired) electrons. The Morgan fingerprint density at radius 1 is 0.926 bits per heavy atom. The van der Waals surface area contributed by atoms with Crippen molar-refractivity contribution < 1.29 is 19.0 Å². The average molecular weight is 369 g/mol. The number of rotatable bonds is 10. The average Bonchev–Trinajstić information content (AvgIpc) is 2.65. The fourth-order valence-corrected chi connectivity index (χ4v) is 2.58. The minimum absolute atomic E-state index is 0.352. The van der Waals surface area contributed by atoms with Crippen LogP contribution in [-0.2, 0) is 11.4 Å². The molecule has 0 bridgehead atoms. The van der Waals surface area contributed by atoms with E-state index in [1.165, 1.54) is 7.11 Å². The van der Waals surface area contributed by atoms with Crippen LogP contribution in [0.4, 0.5) is 0 Å². The van der Waals surface area contributed by atoms with Gasteiger partial charge in [0.05, 0.1) is 6.21 Å². The Kier molecular flexibility index (Phi) is 8.23. The summed E-state index contributed by atoms with van der Waals surface area (Å²) in [5.41, 5.74) is 3.13. The zero-order valence-corrected chi connectivity index (χ0v) is 16.4. The van der Waals surface area contributed by atoms with Gasteiger partial charge in [-0.2, -0.15) is 0 Å². The molecule has 0 spiro atoms. The molecular weight excluding hydrogens is 342 g/mol. The number of oxime groups is 1. The van der Waals surface area contributed by atoms with Gasteiger partial charge in [0.2, 0.25) is 0 Å². The van der Waals surface area contributed by atoms with Crippen molar-refractivity contribution in [1.82, 2.24) is 0 Å². The number of benzene rings is 2. The third kappa shape index (κ3) is 6.70. The number of nitrogens with zero attached hydrogens (tertiary/aromatic N) is 1. The molecule has 2 rings (SSSR count). The van der Waals surface area contributed by atoms with Crippen LogP contribution in [0.5, 0.6) is 17.2 Å². The Bertz CT molecular complexity index is 761. The van der Waals surface area contributed by atoms with Crippen LogP contribution in [0.15, 0.2) is 53.7 Å². The zero-order chi connectivity index (χ0) is 19.5. The van der Waals surface area contributed by atoms with Crippen molar-refractivity contribution >= 4 is 6.21 Å². The van der Waals surface area contributed by atoms with Gasteiger partial charge in [-0.05, 0) is 61.7 Å². The molecule has 0 aromatic heterocycles. The highest BCUT2D eigenvalue weighted by Gasteiger charge is 2.08. The van der Waals surface area contributed by atoms with Crippen molar-refractivity contribution in [2.45, 2.75) is 27.4 Å². The van der Waals surface area contributed by atoms with Gasteiger partial charge in [-0.3, -0.25) is 0 Å². The second-order valence-corrected chi connectivity index (χ2v) is 5.98. The summed E-state index contributed by atoms with van der Waals surface area (Å²) in [4.78, 5) is 4.61. The monoisotopic (exact) mass is 369 g/mol. The van der Waals surface area contributed by atoms with Gasteiger partial charge in [0.25, 0.3) is 0 Å². The predicted molar refractivity (Wildman–Crippen MR) is 108 cm³/mol. The molecule has 0 amide bonds. The standard InChI is InChI=1S/C22H27NO4/c1-5-6-11-25-21-13-17(2)22(18(3)14-21)27-16-19-8-7-9-20(15-19)26-12-10-23-24-4/h5-10,13-15H,11-12,16H2,1-4H3/b6-5+,23-10?. The lowest BCUT2D eigenvalue weighted by atomic mass is 10.1. The summed E-state index contributed by atoms with van der Waals surface area (Å²) >= 11 is 0. The van der Waals surface area contributed by atoms with E-state index >= 15 is 0 Å². The lowest BCUT2D eigenvalue weighted by molar-refractivity contribution is 0.212. The minimum Gasteiger partial charge on any atom is -0.490 e. The van der Waals surface area contributed by atoms with Gasteiger partial charge in [0.1, 0.15) is 44.2 Å². The molecule has 5 nitrogen and oxygen atoms in total. The first-order valence-corrected chi connectivity index (χ1v) is 8.88. The van der Waals surface area contributed by atoms with E-state index in [1.54, 1.807) is 6.21 Å². The summed E-state index contributed by atoms with van der Waals surface area (Å²) < 4.78 is 17.4. The van der Waals surface area contributed by atoms with Gasteiger partial charge in [-0.25, -0.2) is 0 Å². The maximum atomic E-state index is 6.06. The highest BCUT2D eigenvalue weighted by molar-refractivity contribution is 5.58. The Balaban J connectivity index is 1.98. The number of allylic oxidation sites excluding steroid dienone is 1. The summed E-state index contributed by atoms with van der Waals surface area (Å²) in [6, 6.07) is 11.8. The van der Waals surface area contributed by atoms with Crippen molar-refractivity contribution in [2.75, 3.05) is 20.3 Å². The highest BCUT2D eigenvalue weighted by atomic mass is 16.6. The molecule has 144 valence electrons. The van der Waals surface area contributed by atoms with E-state index in [4.69, 9.17) is 14.2 Å². The molecule has 0 saturated carbocycles. The summed E-state index contributed by atoms with van der Waals surface area (Å²) in [5.74, 6) is 2.50. The number of ether oxygens (including phenoxy) is 3. The molecular formula is C22H27NO4. The molecule has 5 heteroatoms. The fraction of sp³-hybridized carbons (Fsp3) is 0.318. The molecule has 0 heterocycles. The summed E-state index contributed by atoms with van der Waals surface area (Å²) in [7, 11) is 1.50. The van der Waals surface area contributed by atoms with Crippen LogP contribution in [0.25, 0.3) is 0 Å². The lowest BCUT2D eigenvalue weighted by Crippen LogP contribution is -2.02. The molecule has 2 aromatic carbocycles. The second kappa shape index (κ2) is 10.9. The van der Waals surface area contributed by atoms with Gasteiger partial charge in [0.15, 0.2) is 0 Å². The quantitative estimate of drug-likeness (QED) is 0.341. The van der Waals surface area contributed by atoms with E-state index in [0.29, 0.717) is 19.8 Å². The molecule has 0 aliphatic rings. The van der Waals surface area contributed by atoms with Crippen LogP contribution < -0.4 is 14.2 Å². The first-order valence-electron chi connectivity index (χ1n) is 8.88. The number of hydrogen-bond donors (Lipinski definition) is 0. The van der Waals surface area contributed by atoms with Gasteiger partial charge in [-0.15, -0.1) is 0 Å². The molecule has 0 aliphatic heterocycles. The van der Waals surface area contributed by atoms with Gasteiger partial charge in [0, 0.05) is 0 Å². The van der Waals surface area contributed by atoms with E-state index in [0.717, 1.165) is 33.9 Å². The van der Waals surface area contributed by atoms with E-state index in [9.17, 15) is 0 Å². The summed E-state index contributed by atoms with van der Waals surface area (Å²) in [5, 5.41) is 3.65. The van der Waals surface area contributed by atoms with Crippen LogP contribution in [0.2, 0.25) is 0 Å². The SMILES string of the molecule is C/C=C/COc1cc(C)c(OCc2cccc(OCC=NOC)c2)c(C)c1. The molecule has 0 N–H and O–H groups in total. The summed E-state index contributed by atoms with van der Waals surface area (Å²) in [6.45, 7) is 7.41. The third-order valence-electron chi connectivity index (χ3n) is 3.80. The van der Waals surface area contributed by atoms with Crippen LogP contribution >= 0.6 is 0 Å². The van der Waals surface area contributed by atoms with Crippen molar-refractivity contribution in [3.63, 3.8) is 0 Å². The molecule has 0 atom stereocenters. The first-order chi connectivity index (χ1) is 13.1. The lowest BCUT2D eigenvalue weighted by Gasteiger charge is -2.15. The smallest absolute Gasteiger partial charge is 0.127 e. The Hall–Kier alpha value is -2.95. The summed E-state index contributed by atoms with van der Waals surface area (Å²) in [6.07, 6.45) is 5.51. The Morgan fingerprint density at radius 2 is 1.67 bits per heavy atom. The maximum absolute atomic E-state index is 6.06. The van der Waals surface area contributed by atoms with Crippen molar-refractivity contribution in [1.29, 1.82) is 0 Å². The van der Waals surface area contributed by atoms with E-state index in [2.05, 4.69) is 9.99 Å². The molecule has 27 heavy (non-hydrogen) atoms. The van der Waals surface area contributed by atoms with Crippen molar-refractivity contribution in [3.05, 3.63) is 65.2 Å². The van der Waals surface area contributed by atoms with Gasteiger partial charge < -0.3 is 19.0 Å². The number of hydrogen-bond acceptors (Lipinski definition) is 5. The van der Waals surface area contributed by atoms with Gasteiger partial charge >= 0.3 is 0 Å². The first kappa shape index (κ1) is 20.4. The van der Waals surface area contributed by atoms with Crippen molar-refractivity contribution in [3.8, 4) is 17.2 Å². The fourth-order valence-electron chi connectivity index (χ4n) is 2.58. The molecule has 0 saturated heterocycles. The largest absolute Gasteiger partial charge is 0.490 e. The normalized spacial score (nSPS) is 11.1. The molecule has 0 aliphatic carbocycles. The Labute approximate surface area is 161 Å². The molecule has 2 aromatic rings. The van der Waals surface area contributed by atoms with Crippen LogP contribution in [-0.4, -0.2) is 26.5 Å². The van der Waals surface area contributed by atoms with Crippen LogP contribution in [0, 0.1) is 13.8 Å². The van der Waals surface area contributed by atoms with E-state index in [-0.39, 0.29) is 0 Å². The Morgan fingerprint density at radius 3 is 2.37 bits per heavy atom. The number of aryl methyl sites for hydroxylation is 2. The van der Waals surface area contributed by atoms with Crippen LogP contribution in [0.3, 0.4) is 0 Å². The molecule has 0 unspecified atom stereocenters. The highest BCUT2D eigenvalue weighted by Crippen LogP contribution is 2.29. The van der Waals surface area contributed by atoms with Crippen LogP contribution in [0.1, 0.15) is 23.6 Å². The second-order valence-electron chi connectivity index (χ2n) is 5.98. The van der Waals surface area contributed by atoms with Crippen molar-refractivity contribution in [2.24, 2.45) is 5.16 Å². The van der Waals surface area contributed by atoms with E-state index in [1.807, 2.05) is 69.3 Å². The van der Waals surface area contributed by atoms with Gasteiger partial charge in [-0.1, -0.05) is 29.4 Å². The topological polar surface area (TPSA) is 49.3 Å². The maximum Gasteiger partial charge on any atom is 0.127 e. The minimum atomic E-state index is 0.352.